The lowest BCUT2D eigenvalue weighted by Gasteiger charge is -2.44. The molecule has 7 nitrogen and oxygen atoms in total. The monoisotopic (exact) mass is 468 g/mol. The third-order valence-corrected chi connectivity index (χ3v) is 6.55. The largest absolute Gasteiger partial charge is 0.463 e. The highest BCUT2D eigenvalue weighted by Crippen LogP contribution is 2.50. The van der Waals surface area contributed by atoms with E-state index in [1.54, 1.807) is 17.8 Å². The molecule has 0 fully saturated rings. The zero-order valence-corrected chi connectivity index (χ0v) is 19.7. The number of hydrogen-bond acceptors (Lipinski definition) is 5. The maximum Gasteiger partial charge on any atom is 0.374 e. The lowest BCUT2D eigenvalue weighted by molar-refractivity contribution is -0.120. The Morgan fingerprint density at radius 1 is 0.857 bits per heavy atom. The molecule has 0 aliphatic carbocycles. The first-order valence-corrected chi connectivity index (χ1v) is 11.2. The minimum atomic E-state index is -1.11. The second-order valence-electron chi connectivity index (χ2n) is 8.37. The third-order valence-electron chi connectivity index (χ3n) is 6.55. The first kappa shape index (κ1) is 23.9. The van der Waals surface area contributed by atoms with Gasteiger partial charge in [0, 0.05) is 24.9 Å². The van der Waals surface area contributed by atoms with E-state index in [1.165, 1.54) is 7.11 Å². The van der Waals surface area contributed by atoms with Crippen LogP contribution in [0.25, 0.3) is 0 Å². The lowest BCUT2D eigenvalue weighted by atomic mass is 9.58. The summed E-state index contributed by atoms with van der Waals surface area (Å²) in [6, 6.07) is 28.5. The smallest absolute Gasteiger partial charge is 0.374 e. The summed E-state index contributed by atoms with van der Waals surface area (Å²) in [4.78, 5) is 29.5. The standard InChI is InChI=1S/C28H28N4O3/c1-32-22(18-31-26(32)27(34)35-2)23(24(29)25(30)33)28(19-12-6-3-7-13-19,20-14-8-4-9-15-20)21-16-10-5-11-17-21/h3-18,23-24H,29H2,1-2H3,(H2,30,33)/t23-,24+/m0/s1. The summed E-state index contributed by atoms with van der Waals surface area (Å²) in [5.41, 5.74) is 14.9. The number of carbonyl (C=O) groups excluding carboxylic acids is 2. The topological polar surface area (TPSA) is 113 Å². The number of imidazole rings is 1. The van der Waals surface area contributed by atoms with Gasteiger partial charge in [0.15, 0.2) is 0 Å². The van der Waals surface area contributed by atoms with Crippen molar-refractivity contribution in [1.29, 1.82) is 0 Å². The molecule has 4 aromatic rings. The van der Waals surface area contributed by atoms with Crippen molar-refractivity contribution in [2.45, 2.75) is 17.4 Å². The van der Waals surface area contributed by atoms with E-state index < -0.39 is 29.3 Å². The van der Waals surface area contributed by atoms with Crippen LogP contribution in [0.4, 0.5) is 0 Å². The van der Waals surface area contributed by atoms with Crippen molar-refractivity contribution >= 4 is 11.9 Å². The molecule has 2 atom stereocenters. The zero-order chi connectivity index (χ0) is 25.0. The van der Waals surface area contributed by atoms with E-state index in [2.05, 4.69) is 4.98 Å². The number of ether oxygens (including phenoxy) is 1. The predicted molar refractivity (Wildman–Crippen MR) is 134 cm³/mol. The molecule has 0 unspecified atom stereocenters. The number of benzene rings is 3. The Labute approximate surface area is 204 Å². The highest BCUT2D eigenvalue weighted by molar-refractivity contribution is 5.86. The fourth-order valence-corrected chi connectivity index (χ4v) is 4.97. The number of nitrogens with two attached hydrogens (primary N) is 2. The summed E-state index contributed by atoms with van der Waals surface area (Å²) >= 11 is 0. The van der Waals surface area contributed by atoms with Crippen LogP contribution in [0.3, 0.4) is 0 Å². The summed E-state index contributed by atoms with van der Waals surface area (Å²) in [6.07, 6.45) is 1.57. The summed E-state index contributed by atoms with van der Waals surface area (Å²) < 4.78 is 6.54. The number of rotatable bonds is 8. The van der Waals surface area contributed by atoms with Gasteiger partial charge in [0.25, 0.3) is 0 Å². The SMILES string of the molecule is COC(=O)c1ncc([C@@H]([C@@H](N)C(N)=O)C(c2ccccc2)(c2ccccc2)c2ccccc2)n1C. The molecule has 3 aromatic carbocycles. The lowest BCUT2D eigenvalue weighted by Crippen LogP contribution is -2.51. The highest BCUT2D eigenvalue weighted by atomic mass is 16.5. The van der Waals surface area contributed by atoms with E-state index in [1.807, 2.05) is 91.0 Å². The Hall–Kier alpha value is -4.23. The molecule has 7 heteroatoms. The molecule has 0 bridgehead atoms. The van der Waals surface area contributed by atoms with Crippen molar-refractivity contribution in [1.82, 2.24) is 9.55 Å². The van der Waals surface area contributed by atoms with E-state index in [0.29, 0.717) is 5.69 Å². The van der Waals surface area contributed by atoms with Gasteiger partial charge in [0.05, 0.1) is 18.6 Å². The van der Waals surface area contributed by atoms with Gasteiger partial charge in [-0.1, -0.05) is 91.0 Å². The molecule has 35 heavy (non-hydrogen) atoms. The summed E-state index contributed by atoms with van der Waals surface area (Å²) in [5, 5.41) is 0. The van der Waals surface area contributed by atoms with E-state index in [-0.39, 0.29) is 5.82 Å². The second kappa shape index (κ2) is 9.95. The van der Waals surface area contributed by atoms with Gasteiger partial charge in [-0.05, 0) is 16.7 Å². The molecule has 178 valence electrons. The van der Waals surface area contributed by atoms with Crippen molar-refractivity contribution in [3.63, 3.8) is 0 Å². The fraction of sp³-hybridized carbons (Fsp3) is 0.179. The van der Waals surface area contributed by atoms with Crippen molar-refractivity contribution in [3.8, 4) is 0 Å². The minimum Gasteiger partial charge on any atom is -0.463 e. The van der Waals surface area contributed by atoms with Crippen LogP contribution < -0.4 is 11.5 Å². The number of hydrogen-bond donors (Lipinski definition) is 2. The Kier molecular flexibility index (Phi) is 6.80. The number of primary amides is 1. The highest BCUT2D eigenvalue weighted by Gasteiger charge is 2.50. The van der Waals surface area contributed by atoms with Crippen molar-refractivity contribution in [2.24, 2.45) is 18.5 Å². The van der Waals surface area contributed by atoms with Crippen molar-refractivity contribution in [2.75, 3.05) is 7.11 Å². The third kappa shape index (κ3) is 4.11. The van der Waals surface area contributed by atoms with Crippen LogP contribution >= 0.6 is 0 Å². The second-order valence-corrected chi connectivity index (χ2v) is 8.37. The number of nitrogens with zero attached hydrogens (tertiary/aromatic N) is 2. The average Bonchev–Trinajstić information content (AvgIpc) is 3.28. The van der Waals surface area contributed by atoms with E-state index >= 15 is 0 Å². The van der Waals surface area contributed by atoms with E-state index in [4.69, 9.17) is 16.2 Å². The first-order valence-electron chi connectivity index (χ1n) is 11.2. The molecule has 1 aromatic heterocycles. The maximum absolute atomic E-state index is 12.7. The fourth-order valence-electron chi connectivity index (χ4n) is 4.97. The van der Waals surface area contributed by atoms with E-state index in [9.17, 15) is 9.59 Å². The summed E-state index contributed by atoms with van der Waals surface area (Å²) in [7, 11) is 3.01. The Morgan fingerprint density at radius 2 is 1.29 bits per heavy atom. The number of methoxy groups -OCH3 is 1. The number of amides is 1. The molecular formula is C28H28N4O3. The number of carbonyl (C=O) groups is 2. The van der Waals surface area contributed by atoms with Gasteiger partial charge in [-0.2, -0.15) is 0 Å². The van der Waals surface area contributed by atoms with Crippen LogP contribution in [0.15, 0.2) is 97.2 Å². The molecule has 1 heterocycles. The quantitative estimate of drug-likeness (QED) is 0.305. The first-order chi connectivity index (χ1) is 16.9. The van der Waals surface area contributed by atoms with Crippen molar-refractivity contribution in [3.05, 3.63) is 125 Å². The molecule has 0 spiro atoms. The van der Waals surface area contributed by atoms with E-state index in [0.717, 1.165) is 16.7 Å². The number of aromatic nitrogens is 2. The number of esters is 1. The average molecular weight is 469 g/mol. The van der Waals surface area contributed by atoms with Gasteiger partial charge in [-0.3, -0.25) is 4.79 Å². The molecular weight excluding hydrogens is 440 g/mol. The minimum absolute atomic E-state index is 0.104. The van der Waals surface area contributed by atoms with Crippen LogP contribution in [0.1, 0.15) is 38.9 Å². The molecule has 0 saturated carbocycles. The van der Waals surface area contributed by atoms with Crippen LogP contribution in [0.2, 0.25) is 0 Å². The van der Waals surface area contributed by atoms with Gasteiger partial charge in [0.2, 0.25) is 11.7 Å². The molecule has 0 aliphatic heterocycles. The zero-order valence-electron chi connectivity index (χ0n) is 19.7. The molecule has 0 aliphatic rings. The molecule has 4 rings (SSSR count). The van der Waals surface area contributed by atoms with Crippen LogP contribution in [0.5, 0.6) is 0 Å². The maximum atomic E-state index is 12.7. The normalized spacial score (nSPS) is 13.1. The van der Waals surface area contributed by atoms with Gasteiger partial charge in [-0.15, -0.1) is 0 Å². The molecule has 0 radical (unpaired) electrons. The van der Waals surface area contributed by atoms with Gasteiger partial charge >= 0.3 is 5.97 Å². The van der Waals surface area contributed by atoms with Gasteiger partial charge in [-0.25, -0.2) is 9.78 Å². The Morgan fingerprint density at radius 3 is 1.66 bits per heavy atom. The van der Waals surface area contributed by atoms with Crippen LogP contribution in [-0.2, 0) is 22.0 Å². The summed E-state index contributed by atoms with van der Waals surface area (Å²) in [6.45, 7) is 0. The van der Waals surface area contributed by atoms with Crippen LogP contribution in [0, 0.1) is 0 Å². The summed E-state index contributed by atoms with van der Waals surface area (Å²) in [5.74, 6) is -1.87. The molecule has 4 N–H and O–H groups in total. The van der Waals surface area contributed by atoms with Crippen molar-refractivity contribution < 1.29 is 14.3 Å². The molecule has 1 amide bonds. The Balaban J connectivity index is 2.16. The van der Waals surface area contributed by atoms with Gasteiger partial charge < -0.3 is 20.8 Å². The Bertz CT molecular complexity index is 1210. The van der Waals surface area contributed by atoms with Crippen LogP contribution in [-0.4, -0.2) is 34.6 Å². The predicted octanol–water partition coefficient (Wildman–Crippen LogP) is 3.14. The molecule has 0 saturated heterocycles. The van der Waals surface area contributed by atoms with Gasteiger partial charge in [0.1, 0.15) is 0 Å².